The van der Waals surface area contributed by atoms with Gasteiger partial charge in [0.15, 0.2) is 0 Å². The Balaban J connectivity index is 2.50. The van der Waals surface area contributed by atoms with Crippen molar-refractivity contribution >= 4 is 11.6 Å². The van der Waals surface area contributed by atoms with E-state index in [1.807, 2.05) is 66.3 Å². The van der Waals surface area contributed by atoms with E-state index >= 15 is 0 Å². The van der Waals surface area contributed by atoms with Crippen LogP contribution in [0.1, 0.15) is 13.8 Å². The number of hydrogen-bond acceptors (Lipinski definition) is 1. The highest BCUT2D eigenvalue weighted by Crippen LogP contribution is 2.11. The maximum Gasteiger partial charge on any atom is 0.227 e. The summed E-state index contributed by atoms with van der Waals surface area (Å²) in [7, 11) is 1.99. The van der Waals surface area contributed by atoms with E-state index < -0.39 is 0 Å². The lowest BCUT2D eigenvalue weighted by molar-refractivity contribution is 0.459. The molecule has 0 radical (unpaired) electrons. The first kappa shape index (κ1) is 15.0. The van der Waals surface area contributed by atoms with Crippen LogP contribution in [-0.4, -0.2) is 28.5 Å². The molecule has 0 spiro atoms. The zero-order chi connectivity index (χ0) is 15.1. The smallest absolute Gasteiger partial charge is 0.227 e. The minimum atomic E-state index is 0.744. The number of benzene rings is 1. The Morgan fingerprint density at radius 1 is 1.00 bits per heavy atom. The van der Waals surface area contributed by atoms with Gasteiger partial charge in [0.2, 0.25) is 5.96 Å². The lowest BCUT2D eigenvalue weighted by atomic mass is 10.3. The van der Waals surface area contributed by atoms with Crippen molar-refractivity contribution in [3.05, 3.63) is 60.2 Å². The third-order valence-electron chi connectivity index (χ3n) is 3.27. The first-order chi connectivity index (χ1) is 10.2. The zero-order valence-electron chi connectivity index (χ0n) is 12.9. The maximum absolute atomic E-state index is 4.73. The molecule has 1 aromatic heterocycles. The van der Waals surface area contributed by atoms with Crippen molar-refractivity contribution in [1.29, 1.82) is 0 Å². The van der Waals surface area contributed by atoms with Crippen molar-refractivity contribution < 1.29 is 0 Å². The Morgan fingerprint density at radius 2 is 1.67 bits per heavy atom. The average molecular weight is 282 g/mol. The van der Waals surface area contributed by atoms with Crippen molar-refractivity contribution in [2.24, 2.45) is 17.0 Å². The number of aliphatic imine (C=N–C) groups is 1. The van der Waals surface area contributed by atoms with Crippen molar-refractivity contribution in [2.75, 3.05) is 13.1 Å². The summed E-state index contributed by atoms with van der Waals surface area (Å²) in [5.74, 6) is 0.744. The van der Waals surface area contributed by atoms with Crippen LogP contribution in [-0.2, 0) is 7.05 Å². The van der Waals surface area contributed by atoms with Crippen molar-refractivity contribution in [1.82, 2.24) is 9.47 Å². The quantitative estimate of drug-likeness (QED) is 0.629. The number of rotatable bonds is 3. The molecule has 21 heavy (non-hydrogen) atoms. The summed E-state index contributed by atoms with van der Waals surface area (Å²) in [6, 6.07) is 15.9. The minimum Gasteiger partial charge on any atom is -0.341 e. The second-order valence-corrected chi connectivity index (χ2v) is 4.70. The molecule has 0 atom stereocenters. The molecule has 0 saturated heterocycles. The Bertz CT molecular complexity index is 652. The van der Waals surface area contributed by atoms with Gasteiger partial charge in [-0.05, 0) is 38.1 Å². The Labute approximate surface area is 126 Å². The van der Waals surface area contributed by atoms with Gasteiger partial charge in [0.25, 0.3) is 0 Å². The standard InChI is InChI=1S/C17H22N4/c1-4-21(5-2)17(18-15-11-7-6-8-12-15)19-16-13-9-10-14-20(16)3/h6-14H,4-5H2,1-3H3. The van der Waals surface area contributed by atoms with Gasteiger partial charge in [-0.1, -0.05) is 24.3 Å². The maximum atomic E-state index is 4.73. The molecule has 0 amide bonds. The monoisotopic (exact) mass is 282 g/mol. The Kier molecular flexibility index (Phi) is 5.32. The number of pyridine rings is 1. The van der Waals surface area contributed by atoms with Crippen molar-refractivity contribution in [2.45, 2.75) is 13.8 Å². The molecule has 0 aliphatic heterocycles. The number of hydrogen-bond donors (Lipinski definition) is 0. The largest absolute Gasteiger partial charge is 0.341 e. The molecule has 0 aliphatic rings. The number of aromatic nitrogens is 1. The third-order valence-corrected chi connectivity index (χ3v) is 3.27. The highest BCUT2D eigenvalue weighted by atomic mass is 15.3. The predicted molar refractivity (Wildman–Crippen MR) is 87.4 cm³/mol. The summed E-state index contributed by atoms with van der Waals surface area (Å²) >= 11 is 0. The highest BCUT2D eigenvalue weighted by Gasteiger charge is 2.06. The zero-order valence-corrected chi connectivity index (χ0v) is 12.9. The van der Waals surface area contributed by atoms with Crippen LogP contribution in [0.2, 0.25) is 0 Å². The van der Waals surface area contributed by atoms with Gasteiger partial charge in [-0.25, -0.2) is 4.99 Å². The van der Waals surface area contributed by atoms with Crippen LogP contribution >= 0.6 is 0 Å². The van der Waals surface area contributed by atoms with Crippen LogP contribution in [0, 0.1) is 0 Å². The second kappa shape index (κ2) is 7.43. The van der Waals surface area contributed by atoms with Crippen LogP contribution in [0.15, 0.2) is 64.7 Å². The molecule has 0 saturated carbocycles. The molecule has 0 bridgehead atoms. The molecule has 2 aromatic rings. The van der Waals surface area contributed by atoms with Crippen molar-refractivity contribution in [3.63, 3.8) is 0 Å². The molecule has 4 nitrogen and oxygen atoms in total. The van der Waals surface area contributed by atoms with Gasteiger partial charge in [0.05, 0.1) is 5.69 Å². The van der Waals surface area contributed by atoms with E-state index in [0.717, 1.165) is 30.2 Å². The minimum absolute atomic E-state index is 0.744. The first-order valence-electron chi connectivity index (χ1n) is 7.29. The number of para-hydroxylation sites is 1. The fraction of sp³-hybridized carbons (Fsp3) is 0.294. The third kappa shape index (κ3) is 4.05. The summed E-state index contributed by atoms with van der Waals surface area (Å²) in [5, 5.41) is 0. The number of nitrogens with zero attached hydrogens (tertiary/aromatic N) is 4. The van der Waals surface area contributed by atoms with E-state index in [-0.39, 0.29) is 0 Å². The molecule has 4 heteroatoms. The van der Waals surface area contributed by atoms with Gasteiger partial charge >= 0.3 is 0 Å². The molecule has 0 fully saturated rings. The molecule has 0 aliphatic carbocycles. The first-order valence-corrected chi connectivity index (χ1v) is 7.29. The van der Waals surface area contributed by atoms with Crippen LogP contribution in [0.4, 0.5) is 5.69 Å². The van der Waals surface area contributed by atoms with E-state index in [9.17, 15) is 0 Å². The highest BCUT2D eigenvalue weighted by molar-refractivity contribution is 5.83. The van der Waals surface area contributed by atoms with Gasteiger partial charge in [-0.15, -0.1) is 0 Å². The van der Waals surface area contributed by atoms with E-state index in [2.05, 4.69) is 18.7 Å². The van der Waals surface area contributed by atoms with Gasteiger partial charge < -0.3 is 9.47 Å². The molecule has 1 heterocycles. The van der Waals surface area contributed by atoms with Gasteiger partial charge in [-0.2, -0.15) is 4.99 Å². The molecule has 1 aromatic carbocycles. The molecule has 110 valence electrons. The summed E-state index contributed by atoms with van der Waals surface area (Å²) in [6.07, 6.45) is 1.99. The summed E-state index contributed by atoms with van der Waals surface area (Å²) in [4.78, 5) is 11.6. The van der Waals surface area contributed by atoms with E-state index in [1.165, 1.54) is 0 Å². The average Bonchev–Trinajstić information content (AvgIpc) is 2.51. The Morgan fingerprint density at radius 3 is 2.29 bits per heavy atom. The summed E-state index contributed by atoms with van der Waals surface area (Å²) < 4.78 is 1.99. The molecule has 0 unspecified atom stereocenters. The van der Waals surface area contributed by atoms with Gasteiger partial charge in [0.1, 0.15) is 5.49 Å². The van der Waals surface area contributed by atoms with Crippen LogP contribution in [0.5, 0.6) is 0 Å². The van der Waals surface area contributed by atoms with Crippen LogP contribution in [0.25, 0.3) is 0 Å². The predicted octanol–water partition coefficient (Wildman–Crippen LogP) is 2.96. The van der Waals surface area contributed by atoms with Gasteiger partial charge in [0, 0.05) is 26.3 Å². The molecule has 2 rings (SSSR count). The SMILES string of the molecule is CCN(CC)C(=Nc1ccccc1)N=c1ccccn1C. The van der Waals surface area contributed by atoms with Crippen LogP contribution < -0.4 is 5.49 Å². The van der Waals surface area contributed by atoms with Crippen molar-refractivity contribution in [3.8, 4) is 0 Å². The summed E-state index contributed by atoms with van der Waals surface area (Å²) in [5.41, 5.74) is 1.81. The van der Waals surface area contributed by atoms with Crippen LogP contribution in [0.3, 0.4) is 0 Å². The fourth-order valence-corrected chi connectivity index (χ4v) is 2.02. The normalized spacial score (nSPS) is 12.5. The number of aryl methyl sites for hydroxylation is 1. The lowest BCUT2D eigenvalue weighted by Gasteiger charge is -2.19. The van der Waals surface area contributed by atoms with Gasteiger partial charge in [-0.3, -0.25) is 0 Å². The molecular formula is C17H22N4. The van der Waals surface area contributed by atoms with E-state index in [1.54, 1.807) is 0 Å². The molecular weight excluding hydrogens is 260 g/mol. The Hall–Kier alpha value is -2.36. The number of guanidine groups is 1. The summed E-state index contributed by atoms with van der Waals surface area (Å²) in [6.45, 7) is 5.99. The topological polar surface area (TPSA) is 32.9 Å². The fourth-order valence-electron chi connectivity index (χ4n) is 2.02. The van der Waals surface area contributed by atoms with E-state index in [4.69, 9.17) is 9.98 Å². The second-order valence-electron chi connectivity index (χ2n) is 4.70. The molecule has 0 N–H and O–H groups in total. The van der Waals surface area contributed by atoms with E-state index in [0.29, 0.717) is 0 Å². The lowest BCUT2D eigenvalue weighted by Crippen LogP contribution is -2.32.